The third-order valence-electron chi connectivity index (χ3n) is 2.61. The van der Waals surface area contributed by atoms with Crippen LogP contribution in [-0.4, -0.2) is 18.8 Å². The molecule has 1 heterocycles. The van der Waals surface area contributed by atoms with Crippen molar-refractivity contribution in [2.24, 2.45) is 0 Å². The van der Waals surface area contributed by atoms with Crippen molar-refractivity contribution < 1.29 is 14.3 Å². The minimum atomic E-state index is -0.348. The fraction of sp³-hybridized carbons (Fsp3) is 0.133. The maximum Gasteiger partial charge on any atom is 0.262 e. The van der Waals surface area contributed by atoms with Gasteiger partial charge in [0.25, 0.3) is 5.91 Å². The van der Waals surface area contributed by atoms with Gasteiger partial charge in [-0.25, -0.2) is 0 Å². The summed E-state index contributed by atoms with van der Waals surface area (Å²) in [5.74, 6) is 0.266. The van der Waals surface area contributed by atoms with Crippen molar-refractivity contribution in [1.82, 2.24) is 0 Å². The van der Waals surface area contributed by atoms with Gasteiger partial charge in [0, 0.05) is 0 Å². The van der Waals surface area contributed by atoms with Gasteiger partial charge in [-0.15, -0.1) is 11.3 Å². The van der Waals surface area contributed by atoms with Crippen molar-refractivity contribution in [3.05, 3.63) is 46.3 Å². The lowest BCUT2D eigenvalue weighted by Gasteiger charge is -2.06. The Balaban J connectivity index is 1.94. The number of ether oxygens (including phenoxy) is 1. The molecule has 0 aliphatic rings. The normalized spacial score (nSPS) is 9.71. The van der Waals surface area contributed by atoms with Crippen LogP contribution in [0.5, 0.6) is 5.75 Å². The van der Waals surface area contributed by atoms with Crippen LogP contribution in [-0.2, 0) is 4.79 Å². The molecule has 1 aromatic heterocycles. The molecule has 0 atom stereocenters. The van der Waals surface area contributed by atoms with E-state index in [2.05, 4.69) is 5.32 Å². The predicted octanol–water partition coefficient (Wildman–Crippen LogP) is 2.76. The summed E-state index contributed by atoms with van der Waals surface area (Å²) in [5.41, 5.74) is 1.30. The Bertz CT molecular complexity index is 716. The molecule has 0 fully saturated rings. The molecule has 2 rings (SSSR count). The maximum atomic E-state index is 11.8. The molecule has 1 N–H and O–H groups in total. The highest BCUT2D eigenvalue weighted by atomic mass is 32.1. The van der Waals surface area contributed by atoms with Gasteiger partial charge in [0.1, 0.15) is 11.8 Å². The Morgan fingerprint density at radius 3 is 2.90 bits per heavy atom. The number of benzene rings is 1. The van der Waals surface area contributed by atoms with Gasteiger partial charge in [0.2, 0.25) is 0 Å². The lowest BCUT2D eigenvalue weighted by molar-refractivity contribution is -0.118. The number of rotatable bonds is 5. The second-order valence-electron chi connectivity index (χ2n) is 4.27. The van der Waals surface area contributed by atoms with E-state index in [1.54, 1.807) is 6.07 Å². The van der Waals surface area contributed by atoms with E-state index >= 15 is 0 Å². The number of carbonyl (C=O) groups excluding carboxylic acids is 2. The van der Waals surface area contributed by atoms with Crippen molar-refractivity contribution in [2.75, 3.05) is 11.9 Å². The summed E-state index contributed by atoms with van der Waals surface area (Å²) in [6.07, 6.45) is 0.599. The fourth-order valence-corrected chi connectivity index (χ4v) is 2.51. The van der Waals surface area contributed by atoms with E-state index in [4.69, 9.17) is 10.00 Å². The minimum absolute atomic E-state index is 0.139. The van der Waals surface area contributed by atoms with E-state index in [1.807, 2.05) is 31.2 Å². The Morgan fingerprint density at radius 2 is 2.29 bits per heavy atom. The zero-order chi connectivity index (χ0) is 15.2. The van der Waals surface area contributed by atoms with Crippen LogP contribution >= 0.6 is 11.3 Å². The zero-order valence-corrected chi connectivity index (χ0v) is 12.1. The SMILES string of the molecule is Cc1cccc(OCC(=O)Nc2cc(C#N)c(C=O)s2)c1. The van der Waals surface area contributed by atoms with Crippen LogP contribution in [0.4, 0.5) is 5.00 Å². The number of anilines is 1. The Hall–Kier alpha value is -2.65. The number of aryl methyl sites for hydroxylation is 1. The van der Waals surface area contributed by atoms with E-state index in [0.29, 0.717) is 21.9 Å². The Morgan fingerprint density at radius 1 is 1.48 bits per heavy atom. The number of hydrogen-bond donors (Lipinski definition) is 1. The van der Waals surface area contributed by atoms with Gasteiger partial charge in [-0.3, -0.25) is 9.59 Å². The largest absolute Gasteiger partial charge is 0.484 e. The van der Waals surface area contributed by atoms with Crippen LogP contribution in [0.3, 0.4) is 0 Å². The van der Waals surface area contributed by atoms with Gasteiger partial charge < -0.3 is 10.1 Å². The first-order valence-corrected chi connectivity index (χ1v) is 6.92. The maximum absolute atomic E-state index is 11.8. The average molecular weight is 300 g/mol. The molecule has 21 heavy (non-hydrogen) atoms. The van der Waals surface area contributed by atoms with Gasteiger partial charge >= 0.3 is 0 Å². The van der Waals surface area contributed by atoms with Crippen LogP contribution in [0.25, 0.3) is 0 Å². The lowest BCUT2D eigenvalue weighted by atomic mass is 10.2. The van der Waals surface area contributed by atoms with Gasteiger partial charge in [-0.2, -0.15) is 5.26 Å². The van der Waals surface area contributed by atoms with Crippen molar-refractivity contribution in [1.29, 1.82) is 5.26 Å². The second-order valence-corrected chi connectivity index (χ2v) is 5.36. The number of thiophene rings is 1. The lowest BCUT2D eigenvalue weighted by Crippen LogP contribution is -2.19. The summed E-state index contributed by atoms with van der Waals surface area (Å²) in [5, 5.41) is 11.9. The summed E-state index contributed by atoms with van der Waals surface area (Å²) in [4.78, 5) is 22.8. The first-order valence-electron chi connectivity index (χ1n) is 6.11. The van der Waals surface area contributed by atoms with E-state index in [9.17, 15) is 9.59 Å². The summed E-state index contributed by atoms with van der Waals surface area (Å²) in [7, 11) is 0. The topological polar surface area (TPSA) is 79.2 Å². The van der Waals surface area contributed by atoms with Crippen molar-refractivity contribution in [3.8, 4) is 11.8 Å². The molecule has 0 bridgehead atoms. The molecule has 6 heteroatoms. The summed E-state index contributed by atoms with van der Waals surface area (Å²) in [6.45, 7) is 1.79. The quantitative estimate of drug-likeness (QED) is 0.861. The summed E-state index contributed by atoms with van der Waals surface area (Å²) >= 11 is 1.06. The van der Waals surface area contributed by atoms with Crippen LogP contribution in [0.15, 0.2) is 30.3 Å². The number of hydrogen-bond acceptors (Lipinski definition) is 5. The third-order valence-corrected chi connectivity index (χ3v) is 3.59. The molecule has 2 aromatic rings. The summed E-state index contributed by atoms with van der Waals surface area (Å²) in [6, 6.07) is 10.7. The van der Waals surface area contributed by atoms with Crippen molar-refractivity contribution in [2.45, 2.75) is 6.92 Å². The van der Waals surface area contributed by atoms with Crippen molar-refractivity contribution in [3.63, 3.8) is 0 Å². The molecule has 1 aromatic carbocycles. The molecule has 1 amide bonds. The molecule has 106 valence electrons. The first kappa shape index (κ1) is 14.8. The number of aldehydes is 1. The predicted molar refractivity (Wildman–Crippen MR) is 79.7 cm³/mol. The molecular formula is C15H12N2O3S. The van der Waals surface area contributed by atoms with Gasteiger partial charge in [-0.05, 0) is 30.7 Å². The molecule has 0 saturated carbocycles. The molecule has 5 nitrogen and oxygen atoms in total. The second kappa shape index (κ2) is 6.68. The third kappa shape index (κ3) is 3.91. The number of amides is 1. The number of nitrogens with one attached hydrogen (secondary N) is 1. The standard InChI is InChI=1S/C15H12N2O3S/c1-10-3-2-4-12(5-10)20-9-14(19)17-15-6-11(7-16)13(8-18)21-15/h2-6,8H,9H2,1H3,(H,17,19). The van der Waals surface area contributed by atoms with Gasteiger partial charge in [-0.1, -0.05) is 12.1 Å². The van der Waals surface area contributed by atoms with Crippen LogP contribution in [0.2, 0.25) is 0 Å². The molecule has 0 unspecified atom stereocenters. The van der Waals surface area contributed by atoms with Gasteiger partial charge in [0.05, 0.1) is 15.4 Å². The van der Waals surface area contributed by atoms with Gasteiger partial charge in [0.15, 0.2) is 12.9 Å². The first-order chi connectivity index (χ1) is 10.1. The number of carbonyl (C=O) groups is 2. The summed E-state index contributed by atoms with van der Waals surface area (Å²) < 4.78 is 5.37. The molecule has 0 spiro atoms. The average Bonchev–Trinajstić information content (AvgIpc) is 2.87. The van der Waals surface area contributed by atoms with E-state index in [-0.39, 0.29) is 18.1 Å². The minimum Gasteiger partial charge on any atom is -0.484 e. The molecule has 0 aliphatic carbocycles. The van der Waals surface area contributed by atoms with Crippen molar-refractivity contribution >= 4 is 28.5 Å². The molecule has 0 aliphatic heterocycles. The van der Waals surface area contributed by atoms with E-state index < -0.39 is 0 Å². The Labute approximate surface area is 125 Å². The number of nitrogens with zero attached hydrogens (tertiary/aromatic N) is 1. The molecule has 0 saturated heterocycles. The van der Waals surface area contributed by atoms with Crippen LogP contribution in [0, 0.1) is 18.3 Å². The number of nitriles is 1. The van der Waals surface area contributed by atoms with Crippen LogP contribution in [0.1, 0.15) is 20.8 Å². The highest BCUT2D eigenvalue weighted by Crippen LogP contribution is 2.25. The smallest absolute Gasteiger partial charge is 0.262 e. The van der Waals surface area contributed by atoms with Crippen LogP contribution < -0.4 is 10.1 Å². The zero-order valence-electron chi connectivity index (χ0n) is 11.3. The highest BCUT2D eigenvalue weighted by molar-refractivity contribution is 7.18. The Kier molecular flexibility index (Phi) is 4.69. The van der Waals surface area contributed by atoms with E-state index in [1.165, 1.54) is 6.07 Å². The van der Waals surface area contributed by atoms with E-state index in [0.717, 1.165) is 16.9 Å². The molecule has 0 radical (unpaired) electrons. The highest BCUT2D eigenvalue weighted by Gasteiger charge is 2.11. The monoisotopic (exact) mass is 300 g/mol. The molecular weight excluding hydrogens is 288 g/mol. The fourth-order valence-electron chi connectivity index (χ4n) is 1.67.